The lowest BCUT2D eigenvalue weighted by Crippen LogP contribution is -2.24. The lowest BCUT2D eigenvalue weighted by molar-refractivity contribution is 0.0697. The molecule has 180 valence electrons. The van der Waals surface area contributed by atoms with Crippen molar-refractivity contribution >= 4 is 44.8 Å². The molecule has 0 atom stereocenters. The molecule has 0 bridgehead atoms. The molecule has 0 radical (unpaired) electrons. The van der Waals surface area contributed by atoms with Crippen LogP contribution in [0, 0.1) is 11.7 Å². The van der Waals surface area contributed by atoms with Gasteiger partial charge in [0.25, 0.3) is 15.6 Å². The first kappa shape index (κ1) is 24.4. The predicted octanol–water partition coefficient (Wildman–Crippen LogP) is 4.74. The molecular formula is C25H23N3O5S2. The molecule has 0 amide bonds. The Morgan fingerprint density at radius 3 is 2.29 bits per heavy atom. The highest BCUT2D eigenvalue weighted by Gasteiger charge is 2.17. The molecule has 0 spiro atoms. The molecule has 1 heterocycles. The number of carboxylic acid groups (broad SMARTS) is 1. The Kier molecular flexibility index (Phi) is 6.60. The van der Waals surface area contributed by atoms with E-state index < -0.39 is 21.6 Å². The molecular weight excluding hydrogens is 486 g/mol. The minimum Gasteiger partial charge on any atom is -0.478 e. The van der Waals surface area contributed by atoms with Gasteiger partial charge in [-0.1, -0.05) is 24.6 Å². The average Bonchev–Trinajstić information content (AvgIpc) is 2.82. The van der Waals surface area contributed by atoms with Gasteiger partial charge in [-0.25, -0.2) is 13.2 Å². The molecule has 8 nitrogen and oxygen atoms in total. The smallest absolute Gasteiger partial charge is 0.335 e. The number of rotatable bonds is 7. The molecule has 0 saturated heterocycles. The summed E-state index contributed by atoms with van der Waals surface area (Å²) in [5, 5.41) is 9.46. The molecule has 0 fully saturated rings. The number of aromatic nitrogens is 2. The van der Waals surface area contributed by atoms with Gasteiger partial charge in [0.15, 0.2) is 4.77 Å². The van der Waals surface area contributed by atoms with Crippen LogP contribution in [0.3, 0.4) is 0 Å². The summed E-state index contributed by atoms with van der Waals surface area (Å²) in [6.07, 6.45) is 0.751. The van der Waals surface area contributed by atoms with Crippen LogP contribution in [0.5, 0.6) is 0 Å². The van der Waals surface area contributed by atoms with Crippen molar-refractivity contribution in [1.82, 2.24) is 9.13 Å². The summed E-state index contributed by atoms with van der Waals surface area (Å²) in [5.41, 5.74) is 1.83. The summed E-state index contributed by atoms with van der Waals surface area (Å²) in [5.74, 6) is -1.08. The van der Waals surface area contributed by atoms with E-state index >= 15 is 0 Å². The van der Waals surface area contributed by atoms with Crippen molar-refractivity contribution in [3.63, 3.8) is 0 Å². The number of anilines is 1. The quantitative estimate of drug-likeness (QED) is 0.348. The largest absolute Gasteiger partial charge is 0.478 e. The van der Waals surface area contributed by atoms with Gasteiger partial charge in [-0.05, 0) is 80.2 Å². The third-order valence-corrected chi connectivity index (χ3v) is 7.35. The van der Waals surface area contributed by atoms with Crippen molar-refractivity contribution < 1.29 is 18.3 Å². The number of carbonyl (C=O) groups is 1. The number of fused-ring (bicyclic) bond motifs is 1. The fourth-order valence-electron chi connectivity index (χ4n) is 3.79. The molecule has 3 aromatic carbocycles. The van der Waals surface area contributed by atoms with Gasteiger partial charge in [0.05, 0.1) is 27.0 Å². The van der Waals surface area contributed by atoms with Gasteiger partial charge in [-0.2, -0.15) is 0 Å². The van der Waals surface area contributed by atoms with E-state index in [9.17, 15) is 23.1 Å². The van der Waals surface area contributed by atoms with Crippen molar-refractivity contribution in [2.75, 3.05) is 4.72 Å². The van der Waals surface area contributed by atoms with Crippen LogP contribution < -0.4 is 10.3 Å². The lowest BCUT2D eigenvalue weighted by Gasteiger charge is -2.17. The normalized spacial score (nSPS) is 11.5. The third kappa shape index (κ3) is 4.75. The van der Waals surface area contributed by atoms with Crippen molar-refractivity contribution in [2.24, 2.45) is 0 Å². The summed E-state index contributed by atoms with van der Waals surface area (Å²) >= 11 is 5.63. The standard InChI is InChI=1S/C25H23N3O5S2/c1-3-14-27-22-13-8-18(26-35(32,33)20-11-4-16(2)5-12-20)15-21(22)23(29)28(25(27)34)19-9-6-17(7-10-19)24(30)31/h4-13,15,26H,3,14H2,1-2H3,(H,30,31). The average molecular weight is 510 g/mol. The zero-order chi connectivity index (χ0) is 25.3. The Morgan fingerprint density at radius 2 is 1.69 bits per heavy atom. The van der Waals surface area contributed by atoms with Gasteiger partial charge < -0.3 is 9.67 Å². The van der Waals surface area contributed by atoms with Crippen molar-refractivity contribution in [1.29, 1.82) is 0 Å². The number of carboxylic acids is 1. The van der Waals surface area contributed by atoms with Gasteiger partial charge in [0.1, 0.15) is 0 Å². The van der Waals surface area contributed by atoms with Gasteiger partial charge >= 0.3 is 5.97 Å². The highest BCUT2D eigenvalue weighted by Crippen LogP contribution is 2.22. The third-order valence-electron chi connectivity index (χ3n) is 5.55. The fraction of sp³-hybridized carbons (Fsp3) is 0.160. The van der Waals surface area contributed by atoms with Gasteiger partial charge in [0.2, 0.25) is 0 Å². The van der Waals surface area contributed by atoms with Crippen LogP contribution in [-0.2, 0) is 16.6 Å². The molecule has 0 saturated carbocycles. The fourth-order valence-corrected chi connectivity index (χ4v) is 5.22. The lowest BCUT2D eigenvalue weighted by atomic mass is 10.2. The second-order valence-corrected chi connectivity index (χ2v) is 10.1. The summed E-state index contributed by atoms with van der Waals surface area (Å²) in [4.78, 5) is 24.9. The van der Waals surface area contributed by atoms with E-state index in [1.807, 2.05) is 18.4 Å². The predicted molar refractivity (Wildman–Crippen MR) is 138 cm³/mol. The Hall–Kier alpha value is -3.76. The van der Waals surface area contributed by atoms with Crippen molar-refractivity contribution in [3.8, 4) is 5.69 Å². The highest BCUT2D eigenvalue weighted by atomic mass is 32.2. The van der Waals surface area contributed by atoms with Gasteiger partial charge in [0, 0.05) is 12.2 Å². The van der Waals surface area contributed by atoms with Crippen LogP contribution in [-0.4, -0.2) is 28.6 Å². The van der Waals surface area contributed by atoms with Gasteiger partial charge in [-0.3, -0.25) is 14.1 Å². The Morgan fingerprint density at radius 1 is 1.03 bits per heavy atom. The van der Waals surface area contributed by atoms with E-state index in [0.717, 1.165) is 12.0 Å². The second kappa shape index (κ2) is 9.47. The molecule has 35 heavy (non-hydrogen) atoms. The zero-order valence-corrected chi connectivity index (χ0v) is 20.7. The summed E-state index contributed by atoms with van der Waals surface area (Å²) in [6.45, 7) is 4.39. The number of hydrogen-bond donors (Lipinski definition) is 2. The molecule has 4 rings (SSSR count). The minimum atomic E-state index is -3.86. The van der Waals surface area contributed by atoms with Crippen LogP contribution in [0.2, 0.25) is 0 Å². The molecule has 10 heteroatoms. The molecule has 2 N–H and O–H groups in total. The molecule has 0 aliphatic carbocycles. The SMILES string of the molecule is CCCn1c(=S)n(-c2ccc(C(=O)O)cc2)c(=O)c2cc(NS(=O)(=O)c3ccc(C)cc3)ccc21. The molecule has 1 aromatic heterocycles. The van der Waals surface area contributed by atoms with Crippen LogP contribution >= 0.6 is 12.2 Å². The minimum absolute atomic E-state index is 0.0859. The number of benzene rings is 3. The van der Waals surface area contributed by atoms with Crippen LogP contribution in [0.1, 0.15) is 29.3 Å². The van der Waals surface area contributed by atoms with E-state index in [1.165, 1.54) is 47.0 Å². The van der Waals surface area contributed by atoms with Crippen LogP contribution in [0.4, 0.5) is 5.69 Å². The first-order valence-corrected chi connectivity index (χ1v) is 12.7. The van der Waals surface area contributed by atoms with E-state index in [1.54, 1.807) is 24.3 Å². The van der Waals surface area contributed by atoms with Crippen molar-refractivity contribution in [3.05, 3.63) is 93.0 Å². The zero-order valence-electron chi connectivity index (χ0n) is 19.1. The van der Waals surface area contributed by atoms with Gasteiger partial charge in [-0.15, -0.1) is 0 Å². The number of nitrogens with one attached hydrogen (secondary N) is 1. The van der Waals surface area contributed by atoms with Crippen molar-refractivity contribution in [2.45, 2.75) is 31.7 Å². The number of nitrogens with zero attached hydrogens (tertiary/aromatic N) is 2. The van der Waals surface area contributed by atoms with E-state index in [4.69, 9.17) is 12.2 Å². The maximum Gasteiger partial charge on any atom is 0.335 e. The molecule has 4 aromatic rings. The maximum absolute atomic E-state index is 13.5. The monoisotopic (exact) mass is 509 g/mol. The van der Waals surface area contributed by atoms with E-state index in [-0.39, 0.29) is 26.3 Å². The highest BCUT2D eigenvalue weighted by molar-refractivity contribution is 7.92. The number of sulfonamides is 1. The first-order chi connectivity index (χ1) is 16.6. The second-order valence-electron chi connectivity index (χ2n) is 8.08. The summed E-state index contributed by atoms with van der Waals surface area (Å²) < 4.78 is 31.7. The topological polar surface area (TPSA) is 110 Å². The Bertz CT molecular complexity index is 1650. The van der Waals surface area contributed by atoms with Crippen LogP contribution in [0.25, 0.3) is 16.6 Å². The molecule has 0 aliphatic rings. The van der Waals surface area contributed by atoms with Crippen LogP contribution in [0.15, 0.2) is 76.4 Å². The molecule has 0 aliphatic heterocycles. The number of aromatic carboxylic acids is 1. The Labute approximate surface area is 207 Å². The summed E-state index contributed by atoms with van der Waals surface area (Å²) in [6, 6.07) is 17.1. The Balaban J connectivity index is 1.88. The van der Waals surface area contributed by atoms with E-state index in [0.29, 0.717) is 17.7 Å². The molecule has 0 unspecified atom stereocenters. The van der Waals surface area contributed by atoms with E-state index in [2.05, 4.69) is 4.72 Å². The number of aryl methyl sites for hydroxylation is 2. The summed E-state index contributed by atoms with van der Waals surface area (Å²) in [7, 11) is -3.86. The number of hydrogen-bond acceptors (Lipinski definition) is 5. The first-order valence-electron chi connectivity index (χ1n) is 10.8. The maximum atomic E-state index is 13.5.